The van der Waals surface area contributed by atoms with Gasteiger partial charge in [-0.3, -0.25) is 0 Å². The second-order valence-electron chi connectivity index (χ2n) is 5.88. The first-order valence-electron chi connectivity index (χ1n) is 5.60. The molecule has 1 heteroatoms. The average molecular weight is 182 g/mol. The number of hydrogen-bond donors (Lipinski definition) is 1. The van der Waals surface area contributed by atoms with E-state index in [-0.39, 0.29) is 11.0 Å². The van der Waals surface area contributed by atoms with Gasteiger partial charge in [0.15, 0.2) is 0 Å². The summed E-state index contributed by atoms with van der Waals surface area (Å²) < 4.78 is 0. The number of aliphatic hydroxyl groups is 1. The van der Waals surface area contributed by atoms with Crippen LogP contribution in [-0.4, -0.2) is 10.7 Å². The van der Waals surface area contributed by atoms with Crippen LogP contribution in [0.15, 0.2) is 0 Å². The molecule has 0 aromatic carbocycles. The Kier molecular flexibility index (Phi) is 1.69. The predicted molar refractivity (Wildman–Crippen MR) is 54.5 cm³/mol. The van der Waals surface area contributed by atoms with E-state index < -0.39 is 0 Å². The van der Waals surface area contributed by atoms with Crippen LogP contribution in [0, 0.1) is 16.7 Å². The second kappa shape index (κ2) is 2.31. The molecule has 0 spiro atoms. The molecule has 2 fully saturated rings. The summed E-state index contributed by atoms with van der Waals surface area (Å²) in [6.07, 6.45) is 4.50. The summed E-state index contributed by atoms with van der Waals surface area (Å²) >= 11 is 0. The van der Waals surface area contributed by atoms with E-state index >= 15 is 0 Å². The van der Waals surface area contributed by atoms with Gasteiger partial charge in [-0.1, -0.05) is 27.7 Å². The normalized spacial score (nSPS) is 52.8. The molecule has 13 heavy (non-hydrogen) atoms. The molecule has 2 saturated carbocycles. The van der Waals surface area contributed by atoms with Crippen LogP contribution in [0.25, 0.3) is 0 Å². The van der Waals surface area contributed by atoms with Crippen LogP contribution in [-0.2, 0) is 0 Å². The molecule has 0 radical (unpaired) electrons. The van der Waals surface area contributed by atoms with Crippen molar-refractivity contribution in [3.8, 4) is 0 Å². The summed E-state index contributed by atoms with van der Waals surface area (Å²) in [5.74, 6) is 0.752. The molecule has 0 heterocycles. The average Bonchev–Trinajstić information content (AvgIpc) is 2.36. The molecule has 0 aromatic heterocycles. The van der Waals surface area contributed by atoms with Crippen LogP contribution >= 0.6 is 0 Å². The molecule has 76 valence electrons. The molecule has 0 amide bonds. The van der Waals surface area contributed by atoms with Crippen LogP contribution in [0.4, 0.5) is 0 Å². The Balaban J connectivity index is 2.44. The quantitative estimate of drug-likeness (QED) is 0.661. The maximum atomic E-state index is 10.6. The summed E-state index contributed by atoms with van der Waals surface area (Å²) in [5, 5.41) is 10.6. The fourth-order valence-electron chi connectivity index (χ4n) is 3.95. The van der Waals surface area contributed by atoms with E-state index in [4.69, 9.17) is 0 Å². The van der Waals surface area contributed by atoms with Crippen LogP contribution in [0.1, 0.15) is 53.4 Å². The van der Waals surface area contributed by atoms with E-state index in [0.717, 1.165) is 18.8 Å². The first kappa shape index (κ1) is 9.51. The maximum Gasteiger partial charge on any atom is 0.0706 e. The minimum atomic E-state index is -0.376. The molecule has 3 atom stereocenters. The third kappa shape index (κ3) is 0.823. The Morgan fingerprint density at radius 2 is 1.92 bits per heavy atom. The highest BCUT2D eigenvalue weighted by molar-refractivity contribution is 5.17. The van der Waals surface area contributed by atoms with Gasteiger partial charge in [-0.05, 0) is 37.0 Å². The van der Waals surface area contributed by atoms with Crippen LogP contribution in [0.3, 0.4) is 0 Å². The molecule has 2 bridgehead atoms. The first-order valence-corrected chi connectivity index (χ1v) is 5.60. The van der Waals surface area contributed by atoms with E-state index in [0.29, 0.717) is 5.41 Å². The van der Waals surface area contributed by atoms with Crippen molar-refractivity contribution in [1.29, 1.82) is 0 Å². The number of fused-ring (bicyclic) bond motifs is 2. The van der Waals surface area contributed by atoms with Crippen molar-refractivity contribution in [3.63, 3.8) is 0 Å². The molecular formula is C12H22O. The highest BCUT2D eigenvalue weighted by Crippen LogP contribution is 2.70. The monoisotopic (exact) mass is 182 g/mol. The third-order valence-corrected chi connectivity index (χ3v) is 5.63. The lowest BCUT2D eigenvalue weighted by Crippen LogP contribution is -2.46. The summed E-state index contributed by atoms with van der Waals surface area (Å²) in [6, 6.07) is 0. The van der Waals surface area contributed by atoms with E-state index in [1.165, 1.54) is 12.8 Å². The van der Waals surface area contributed by atoms with Gasteiger partial charge in [0.1, 0.15) is 0 Å². The van der Waals surface area contributed by atoms with Gasteiger partial charge >= 0.3 is 0 Å². The van der Waals surface area contributed by atoms with Gasteiger partial charge in [0, 0.05) is 5.41 Å². The Morgan fingerprint density at radius 3 is 2.15 bits per heavy atom. The fourth-order valence-corrected chi connectivity index (χ4v) is 3.95. The molecule has 0 saturated heterocycles. The predicted octanol–water partition coefficient (Wildman–Crippen LogP) is 2.97. The molecule has 2 rings (SSSR count). The third-order valence-electron chi connectivity index (χ3n) is 5.63. The van der Waals surface area contributed by atoms with E-state index in [9.17, 15) is 5.11 Å². The zero-order valence-electron chi connectivity index (χ0n) is 9.35. The van der Waals surface area contributed by atoms with Crippen molar-refractivity contribution in [2.45, 2.75) is 59.0 Å². The van der Waals surface area contributed by atoms with Gasteiger partial charge in [0.25, 0.3) is 0 Å². The molecule has 1 N–H and O–H groups in total. The van der Waals surface area contributed by atoms with Gasteiger partial charge in [-0.25, -0.2) is 0 Å². The standard InChI is InChI=1S/C12H22O/c1-5-12(13)8-9-6-7-11(12,4)10(9,2)3/h9,13H,5-8H2,1-4H3/t9-,11+,12+/m1/s1. The Hall–Kier alpha value is -0.0400. The zero-order chi connectivity index (χ0) is 9.91. The van der Waals surface area contributed by atoms with Crippen molar-refractivity contribution >= 4 is 0 Å². The smallest absolute Gasteiger partial charge is 0.0706 e. The lowest BCUT2D eigenvalue weighted by atomic mass is 9.64. The lowest BCUT2D eigenvalue weighted by molar-refractivity contribution is -0.0914. The summed E-state index contributed by atoms with van der Waals surface area (Å²) in [5.41, 5.74) is 0.136. The molecule has 1 nitrogen and oxygen atoms in total. The largest absolute Gasteiger partial charge is 0.389 e. The lowest BCUT2D eigenvalue weighted by Gasteiger charge is -2.45. The van der Waals surface area contributed by atoms with E-state index in [2.05, 4.69) is 27.7 Å². The summed E-state index contributed by atoms with van der Waals surface area (Å²) in [4.78, 5) is 0. The second-order valence-corrected chi connectivity index (χ2v) is 5.88. The zero-order valence-corrected chi connectivity index (χ0v) is 9.35. The molecule has 0 aromatic rings. The molecule has 0 unspecified atom stereocenters. The van der Waals surface area contributed by atoms with Crippen molar-refractivity contribution in [2.24, 2.45) is 16.7 Å². The minimum Gasteiger partial charge on any atom is -0.389 e. The summed E-state index contributed by atoms with van der Waals surface area (Å²) in [7, 11) is 0. The molecule has 0 aliphatic heterocycles. The highest BCUT2D eigenvalue weighted by atomic mass is 16.3. The van der Waals surface area contributed by atoms with E-state index in [1.807, 2.05) is 0 Å². The van der Waals surface area contributed by atoms with Gasteiger partial charge in [0.05, 0.1) is 5.60 Å². The molecule has 2 aliphatic carbocycles. The minimum absolute atomic E-state index is 0.166. The van der Waals surface area contributed by atoms with Crippen molar-refractivity contribution in [2.75, 3.05) is 0 Å². The van der Waals surface area contributed by atoms with Crippen molar-refractivity contribution in [1.82, 2.24) is 0 Å². The number of rotatable bonds is 1. The molecule has 2 aliphatic rings. The Bertz CT molecular complexity index is 233. The highest BCUT2D eigenvalue weighted by Gasteiger charge is 2.67. The van der Waals surface area contributed by atoms with Gasteiger partial charge < -0.3 is 5.11 Å². The topological polar surface area (TPSA) is 20.2 Å². The molecular weight excluding hydrogens is 160 g/mol. The first-order chi connectivity index (χ1) is 5.87. The van der Waals surface area contributed by atoms with Crippen molar-refractivity contribution < 1.29 is 5.11 Å². The fraction of sp³-hybridized carbons (Fsp3) is 1.00. The van der Waals surface area contributed by atoms with Crippen molar-refractivity contribution in [3.05, 3.63) is 0 Å². The van der Waals surface area contributed by atoms with E-state index in [1.54, 1.807) is 0 Å². The Labute approximate surface area is 81.5 Å². The maximum absolute atomic E-state index is 10.6. The summed E-state index contributed by atoms with van der Waals surface area (Å²) in [6.45, 7) is 9.11. The van der Waals surface area contributed by atoms with Gasteiger partial charge in [-0.15, -0.1) is 0 Å². The van der Waals surface area contributed by atoms with Crippen LogP contribution < -0.4 is 0 Å². The SMILES string of the molecule is CC[C@]1(O)C[C@H]2CC[C@@]1(C)C2(C)C. The van der Waals surface area contributed by atoms with Crippen LogP contribution in [0.5, 0.6) is 0 Å². The van der Waals surface area contributed by atoms with Gasteiger partial charge in [0.2, 0.25) is 0 Å². The Morgan fingerprint density at radius 1 is 1.31 bits per heavy atom. The number of hydrogen-bond acceptors (Lipinski definition) is 1. The van der Waals surface area contributed by atoms with Crippen LogP contribution in [0.2, 0.25) is 0 Å². The van der Waals surface area contributed by atoms with Gasteiger partial charge in [-0.2, -0.15) is 0 Å².